The standard InChI is InChI=1S/C16H22N4O2S/c1-9-10(2)22-15(17-9)19-16(21)20(4)8-12-6-5-7-13-14(12)18-11(3)23-13/h12H,5-8H2,1-4H3,(H,17,19,21)/t12-/m0/s1. The second-order valence-corrected chi connectivity index (χ2v) is 7.39. The van der Waals surface area contributed by atoms with Gasteiger partial charge < -0.3 is 9.32 Å². The Morgan fingerprint density at radius 2 is 2.17 bits per heavy atom. The molecule has 0 spiro atoms. The largest absolute Gasteiger partial charge is 0.428 e. The number of oxazole rings is 1. The molecule has 6 nitrogen and oxygen atoms in total. The number of aryl methyl sites for hydroxylation is 4. The minimum Gasteiger partial charge on any atom is -0.428 e. The van der Waals surface area contributed by atoms with Gasteiger partial charge >= 0.3 is 12.0 Å². The molecular weight excluding hydrogens is 312 g/mol. The minimum atomic E-state index is -0.203. The first kappa shape index (κ1) is 16.0. The van der Waals surface area contributed by atoms with Crippen molar-refractivity contribution in [1.29, 1.82) is 0 Å². The number of hydrogen-bond donors (Lipinski definition) is 1. The molecule has 2 amide bonds. The molecule has 1 atom stereocenters. The molecule has 0 unspecified atom stereocenters. The number of fused-ring (bicyclic) bond motifs is 1. The molecule has 2 aromatic heterocycles. The van der Waals surface area contributed by atoms with Crippen LogP contribution in [-0.2, 0) is 6.42 Å². The molecular formula is C16H22N4O2S. The SMILES string of the molecule is Cc1nc2c(s1)CCC[C@H]2CN(C)C(=O)Nc1nc(C)c(C)o1. The van der Waals surface area contributed by atoms with Crippen LogP contribution in [-0.4, -0.2) is 34.5 Å². The van der Waals surface area contributed by atoms with E-state index < -0.39 is 0 Å². The zero-order chi connectivity index (χ0) is 16.6. The second kappa shape index (κ2) is 6.31. The number of rotatable bonds is 3. The Morgan fingerprint density at radius 3 is 2.87 bits per heavy atom. The molecule has 0 saturated heterocycles. The molecule has 0 bridgehead atoms. The van der Waals surface area contributed by atoms with Gasteiger partial charge in [-0.15, -0.1) is 11.3 Å². The van der Waals surface area contributed by atoms with Crippen LogP contribution < -0.4 is 5.32 Å². The normalized spacial score (nSPS) is 17.0. The maximum Gasteiger partial charge on any atom is 0.325 e. The van der Waals surface area contributed by atoms with Crippen LogP contribution in [0.25, 0.3) is 0 Å². The second-order valence-electron chi connectivity index (χ2n) is 6.10. The van der Waals surface area contributed by atoms with Gasteiger partial charge in [-0.2, -0.15) is 4.98 Å². The van der Waals surface area contributed by atoms with E-state index in [0.29, 0.717) is 12.5 Å². The summed E-state index contributed by atoms with van der Waals surface area (Å²) >= 11 is 1.78. The maximum absolute atomic E-state index is 12.3. The molecule has 1 aliphatic carbocycles. The lowest BCUT2D eigenvalue weighted by atomic mass is 9.91. The molecule has 0 aliphatic heterocycles. The predicted molar refractivity (Wildman–Crippen MR) is 90.2 cm³/mol. The molecule has 1 aliphatic rings. The Bertz CT molecular complexity index is 702. The van der Waals surface area contributed by atoms with Gasteiger partial charge in [0.1, 0.15) is 5.76 Å². The monoisotopic (exact) mass is 334 g/mol. The molecule has 2 aromatic rings. The number of thiazole rings is 1. The van der Waals surface area contributed by atoms with Crippen molar-refractivity contribution in [2.45, 2.75) is 46.0 Å². The highest BCUT2D eigenvalue weighted by Gasteiger charge is 2.26. The lowest BCUT2D eigenvalue weighted by Gasteiger charge is -2.26. The van der Waals surface area contributed by atoms with Crippen molar-refractivity contribution in [3.05, 3.63) is 27.0 Å². The Kier molecular flexibility index (Phi) is 4.39. The van der Waals surface area contributed by atoms with Crippen LogP contribution >= 0.6 is 11.3 Å². The zero-order valence-corrected chi connectivity index (χ0v) is 14.8. The van der Waals surface area contributed by atoms with E-state index in [0.717, 1.165) is 35.7 Å². The third-order valence-electron chi connectivity index (χ3n) is 4.26. The molecule has 7 heteroatoms. The van der Waals surface area contributed by atoms with Crippen molar-refractivity contribution in [2.24, 2.45) is 0 Å². The van der Waals surface area contributed by atoms with Gasteiger partial charge in [-0.25, -0.2) is 9.78 Å². The summed E-state index contributed by atoms with van der Waals surface area (Å²) in [4.78, 5) is 24.2. The van der Waals surface area contributed by atoms with E-state index in [2.05, 4.69) is 15.3 Å². The number of nitrogens with one attached hydrogen (secondary N) is 1. The van der Waals surface area contributed by atoms with E-state index in [4.69, 9.17) is 4.42 Å². The summed E-state index contributed by atoms with van der Waals surface area (Å²) in [5.41, 5.74) is 1.97. The lowest BCUT2D eigenvalue weighted by molar-refractivity contribution is 0.217. The first-order valence-corrected chi connectivity index (χ1v) is 8.68. The molecule has 23 heavy (non-hydrogen) atoms. The molecule has 0 aromatic carbocycles. The maximum atomic E-state index is 12.3. The van der Waals surface area contributed by atoms with Gasteiger partial charge in [-0.1, -0.05) is 0 Å². The van der Waals surface area contributed by atoms with Gasteiger partial charge in [0.25, 0.3) is 0 Å². The zero-order valence-electron chi connectivity index (χ0n) is 14.0. The van der Waals surface area contributed by atoms with Crippen molar-refractivity contribution in [3.8, 4) is 0 Å². The van der Waals surface area contributed by atoms with Gasteiger partial charge in [0.2, 0.25) is 0 Å². The molecule has 0 saturated carbocycles. The highest BCUT2D eigenvalue weighted by Crippen LogP contribution is 2.35. The van der Waals surface area contributed by atoms with E-state index in [-0.39, 0.29) is 12.0 Å². The first-order valence-electron chi connectivity index (χ1n) is 7.86. The van der Waals surface area contributed by atoms with Gasteiger partial charge in [-0.3, -0.25) is 5.32 Å². The third kappa shape index (κ3) is 3.39. The molecule has 0 fully saturated rings. The fourth-order valence-electron chi connectivity index (χ4n) is 2.93. The van der Waals surface area contributed by atoms with Crippen molar-refractivity contribution >= 4 is 23.4 Å². The van der Waals surface area contributed by atoms with Crippen LogP contribution in [0.2, 0.25) is 0 Å². The quantitative estimate of drug-likeness (QED) is 0.930. The van der Waals surface area contributed by atoms with E-state index >= 15 is 0 Å². The van der Waals surface area contributed by atoms with Crippen LogP contribution in [0.1, 0.15) is 45.8 Å². The summed E-state index contributed by atoms with van der Waals surface area (Å²) in [6, 6.07) is 0.0519. The number of hydrogen-bond acceptors (Lipinski definition) is 5. The van der Waals surface area contributed by atoms with Crippen LogP contribution in [0, 0.1) is 20.8 Å². The average Bonchev–Trinajstić information content (AvgIpc) is 3.01. The van der Waals surface area contributed by atoms with Crippen LogP contribution in [0.15, 0.2) is 4.42 Å². The van der Waals surface area contributed by atoms with E-state index in [9.17, 15) is 4.79 Å². The Morgan fingerprint density at radius 1 is 1.39 bits per heavy atom. The smallest absolute Gasteiger partial charge is 0.325 e. The van der Waals surface area contributed by atoms with Gasteiger partial charge in [0.15, 0.2) is 0 Å². The average molecular weight is 334 g/mol. The molecule has 0 radical (unpaired) electrons. The summed E-state index contributed by atoms with van der Waals surface area (Å²) in [5, 5.41) is 3.82. The van der Waals surface area contributed by atoms with E-state index in [1.807, 2.05) is 20.8 Å². The fourth-order valence-corrected chi connectivity index (χ4v) is 4.00. The highest BCUT2D eigenvalue weighted by atomic mass is 32.1. The molecule has 124 valence electrons. The van der Waals surface area contributed by atoms with E-state index in [1.54, 1.807) is 23.3 Å². The molecule has 2 heterocycles. The number of likely N-dealkylation sites (N-methyl/N-ethyl adjacent to an activating group) is 1. The summed E-state index contributed by atoms with van der Waals surface area (Å²) in [7, 11) is 1.80. The summed E-state index contributed by atoms with van der Waals surface area (Å²) in [5.74, 6) is 1.03. The number of nitrogens with zero attached hydrogens (tertiary/aromatic N) is 3. The fraction of sp³-hybridized carbons (Fsp3) is 0.562. The topological polar surface area (TPSA) is 71.3 Å². The number of carbonyl (C=O) groups excluding carboxylic acids is 1. The first-order chi connectivity index (χ1) is 10.9. The number of urea groups is 1. The van der Waals surface area contributed by atoms with E-state index in [1.165, 1.54) is 10.6 Å². The van der Waals surface area contributed by atoms with Crippen molar-refractivity contribution in [2.75, 3.05) is 18.9 Å². The van der Waals surface area contributed by atoms with Gasteiger partial charge in [-0.05, 0) is 40.0 Å². The number of anilines is 1. The van der Waals surface area contributed by atoms with Crippen LogP contribution in [0.5, 0.6) is 0 Å². The van der Waals surface area contributed by atoms with Crippen molar-refractivity contribution in [1.82, 2.24) is 14.9 Å². The highest BCUT2D eigenvalue weighted by molar-refractivity contribution is 7.11. The predicted octanol–water partition coefficient (Wildman–Crippen LogP) is 3.64. The molecule has 1 N–H and O–H groups in total. The van der Waals surface area contributed by atoms with Crippen molar-refractivity contribution in [3.63, 3.8) is 0 Å². The van der Waals surface area contributed by atoms with Crippen LogP contribution in [0.3, 0.4) is 0 Å². The summed E-state index contributed by atoms with van der Waals surface area (Å²) in [6.45, 7) is 6.38. The Labute approximate surface area is 139 Å². The Balaban J connectivity index is 1.65. The Hall–Kier alpha value is -1.89. The third-order valence-corrected chi connectivity index (χ3v) is 5.31. The number of carbonyl (C=O) groups is 1. The lowest BCUT2D eigenvalue weighted by Crippen LogP contribution is -2.35. The number of aromatic nitrogens is 2. The van der Waals surface area contributed by atoms with Crippen LogP contribution in [0.4, 0.5) is 10.8 Å². The van der Waals surface area contributed by atoms with Gasteiger partial charge in [0.05, 0.1) is 16.4 Å². The summed E-state index contributed by atoms with van der Waals surface area (Å²) < 4.78 is 5.40. The summed E-state index contributed by atoms with van der Waals surface area (Å²) in [6.07, 6.45) is 3.35. The molecule has 3 rings (SSSR count). The minimum absolute atomic E-state index is 0.203. The van der Waals surface area contributed by atoms with Crippen molar-refractivity contribution < 1.29 is 9.21 Å². The van der Waals surface area contributed by atoms with Gasteiger partial charge in [0, 0.05) is 24.4 Å². The number of amides is 2.